The molecule has 4 nitrogen and oxygen atoms in total. The first-order valence-electron chi connectivity index (χ1n) is 7.28. The minimum absolute atomic E-state index is 0.673. The Morgan fingerprint density at radius 1 is 1.29 bits per heavy atom. The van der Waals surface area contributed by atoms with Crippen molar-refractivity contribution >= 4 is 11.4 Å². The van der Waals surface area contributed by atoms with Crippen LogP contribution in [0.15, 0.2) is 36.5 Å². The van der Waals surface area contributed by atoms with Crippen molar-refractivity contribution in [2.24, 2.45) is 0 Å². The number of ether oxygens (including phenoxy) is 1. The molecule has 3 rings (SSSR count). The summed E-state index contributed by atoms with van der Waals surface area (Å²) >= 11 is 0. The van der Waals surface area contributed by atoms with E-state index < -0.39 is 0 Å². The van der Waals surface area contributed by atoms with E-state index in [0.717, 1.165) is 25.3 Å². The third kappa shape index (κ3) is 3.16. The smallest absolute Gasteiger partial charge is 0.0735 e. The lowest BCUT2D eigenvalue weighted by atomic mass is 10.1. The third-order valence-corrected chi connectivity index (χ3v) is 3.76. The number of benzene rings is 1. The van der Waals surface area contributed by atoms with Gasteiger partial charge in [0.2, 0.25) is 0 Å². The monoisotopic (exact) mass is 283 g/mol. The summed E-state index contributed by atoms with van der Waals surface area (Å²) in [5.74, 6) is 0. The van der Waals surface area contributed by atoms with Crippen LogP contribution in [0, 0.1) is 0 Å². The summed E-state index contributed by atoms with van der Waals surface area (Å²) in [5, 5.41) is 3.46. The summed E-state index contributed by atoms with van der Waals surface area (Å²) in [7, 11) is 4.13. The number of fused-ring (bicyclic) bond motifs is 1. The lowest BCUT2D eigenvalue weighted by molar-refractivity contribution is 0.109. The van der Waals surface area contributed by atoms with Crippen LogP contribution in [0.1, 0.15) is 16.8 Å². The molecular formula is C17H21N3O. The Balaban J connectivity index is 1.73. The quantitative estimate of drug-likeness (QED) is 0.936. The van der Waals surface area contributed by atoms with E-state index in [0.29, 0.717) is 6.61 Å². The van der Waals surface area contributed by atoms with Gasteiger partial charge in [-0.1, -0.05) is 18.2 Å². The predicted octanol–water partition coefficient (Wildman–Crippen LogP) is 2.83. The van der Waals surface area contributed by atoms with Crippen LogP contribution in [0.5, 0.6) is 0 Å². The molecule has 0 unspecified atom stereocenters. The number of anilines is 2. The van der Waals surface area contributed by atoms with Gasteiger partial charge in [-0.15, -0.1) is 0 Å². The molecule has 1 aliphatic heterocycles. The lowest BCUT2D eigenvalue weighted by Gasteiger charge is -2.19. The first-order valence-corrected chi connectivity index (χ1v) is 7.28. The van der Waals surface area contributed by atoms with Crippen LogP contribution in [-0.2, 0) is 24.3 Å². The molecule has 110 valence electrons. The molecule has 0 radical (unpaired) electrons. The van der Waals surface area contributed by atoms with Crippen molar-refractivity contribution in [3.8, 4) is 0 Å². The van der Waals surface area contributed by atoms with Gasteiger partial charge in [0.15, 0.2) is 0 Å². The number of rotatable bonds is 4. The second-order valence-electron chi connectivity index (χ2n) is 5.51. The molecule has 1 N–H and O–H groups in total. The van der Waals surface area contributed by atoms with Crippen molar-refractivity contribution in [2.45, 2.75) is 19.6 Å². The molecule has 0 bridgehead atoms. The van der Waals surface area contributed by atoms with E-state index in [1.165, 1.54) is 22.5 Å². The van der Waals surface area contributed by atoms with Crippen LogP contribution in [0.25, 0.3) is 0 Å². The fraction of sp³-hybridized carbons (Fsp3) is 0.353. The summed E-state index contributed by atoms with van der Waals surface area (Å²) in [6.07, 6.45) is 2.83. The standard InChI is InChI=1S/C17H21N3O/c1-20(2)17-6-4-3-5-13(17)10-18-15-9-14-12-21-8-7-16(14)19-11-15/h3-6,9,11,18H,7-8,10,12H2,1-2H3. The third-order valence-electron chi connectivity index (χ3n) is 3.76. The van der Waals surface area contributed by atoms with E-state index in [1.54, 1.807) is 0 Å². The van der Waals surface area contributed by atoms with Crippen molar-refractivity contribution in [3.05, 3.63) is 53.3 Å². The van der Waals surface area contributed by atoms with Gasteiger partial charge < -0.3 is 15.0 Å². The summed E-state index contributed by atoms with van der Waals surface area (Å²) in [4.78, 5) is 6.67. The van der Waals surface area contributed by atoms with Crippen molar-refractivity contribution < 1.29 is 4.74 Å². The van der Waals surface area contributed by atoms with Crippen molar-refractivity contribution in [3.63, 3.8) is 0 Å². The zero-order chi connectivity index (χ0) is 14.7. The summed E-state index contributed by atoms with van der Waals surface area (Å²) in [6, 6.07) is 10.6. The zero-order valence-corrected chi connectivity index (χ0v) is 12.6. The molecule has 0 spiro atoms. The number of aromatic nitrogens is 1. The van der Waals surface area contributed by atoms with Gasteiger partial charge in [0.25, 0.3) is 0 Å². The summed E-state index contributed by atoms with van der Waals surface area (Å²) in [6.45, 7) is 2.24. The van der Waals surface area contributed by atoms with E-state index >= 15 is 0 Å². The van der Waals surface area contributed by atoms with Crippen molar-refractivity contribution in [1.29, 1.82) is 0 Å². The molecular weight excluding hydrogens is 262 g/mol. The number of para-hydroxylation sites is 1. The fourth-order valence-electron chi connectivity index (χ4n) is 2.63. The maximum absolute atomic E-state index is 5.49. The van der Waals surface area contributed by atoms with Gasteiger partial charge in [-0.05, 0) is 17.7 Å². The van der Waals surface area contributed by atoms with Gasteiger partial charge in [-0.2, -0.15) is 0 Å². The van der Waals surface area contributed by atoms with Crippen molar-refractivity contribution in [1.82, 2.24) is 4.98 Å². The summed E-state index contributed by atoms with van der Waals surface area (Å²) < 4.78 is 5.49. The van der Waals surface area contributed by atoms with Gasteiger partial charge in [-0.3, -0.25) is 4.98 Å². The first-order chi connectivity index (χ1) is 10.2. The first kappa shape index (κ1) is 13.9. The van der Waals surface area contributed by atoms with Crippen LogP contribution in [0.2, 0.25) is 0 Å². The Kier molecular flexibility index (Phi) is 4.06. The summed E-state index contributed by atoms with van der Waals surface area (Å²) in [5.41, 5.74) is 5.93. The minimum Gasteiger partial charge on any atom is -0.380 e. The molecule has 0 fully saturated rings. The number of nitrogens with zero attached hydrogens (tertiary/aromatic N) is 2. The molecule has 0 saturated heterocycles. The maximum Gasteiger partial charge on any atom is 0.0735 e. The lowest BCUT2D eigenvalue weighted by Crippen LogP contribution is -2.14. The van der Waals surface area contributed by atoms with Gasteiger partial charge in [-0.25, -0.2) is 0 Å². The molecule has 0 aliphatic carbocycles. The number of hydrogen-bond acceptors (Lipinski definition) is 4. The molecule has 2 heterocycles. The van der Waals surface area contributed by atoms with Crippen LogP contribution < -0.4 is 10.2 Å². The molecule has 1 aromatic carbocycles. The Hall–Kier alpha value is -2.07. The molecule has 0 atom stereocenters. The van der Waals surface area contributed by atoms with Gasteiger partial charge in [0, 0.05) is 44.0 Å². The highest BCUT2D eigenvalue weighted by Gasteiger charge is 2.11. The number of hydrogen-bond donors (Lipinski definition) is 1. The minimum atomic E-state index is 0.673. The molecule has 21 heavy (non-hydrogen) atoms. The molecule has 4 heteroatoms. The average Bonchev–Trinajstić information content (AvgIpc) is 2.53. The highest BCUT2D eigenvalue weighted by atomic mass is 16.5. The highest BCUT2D eigenvalue weighted by Crippen LogP contribution is 2.21. The zero-order valence-electron chi connectivity index (χ0n) is 12.6. The Morgan fingerprint density at radius 3 is 3.00 bits per heavy atom. The van der Waals surface area contributed by atoms with Gasteiger partial charge in [0.05, 0.1) is 25.1 Å². The molecule has 0 amide bonds. The second-order valence-corrected chi connectivity index (χ2v) is 5.51. The van der Waals surface area contributed by atoms with Gasteiger partial charge >= 0.3 is 0 Å². The van der Waals surface area contributed by atoms with E-state index in [4.69, 9.17) is 4.74 Å². The molecule has 0 saturated carbocycles. The topological polar surface area (TPSA) is 37.4 Å². The SMILES string of the molecule is CN(C)c1ccccc1CNc1cnc2c(c1)COCC2. The van der Waals surface area contributed by atoms with E-state index in [1.807, 2.05) is 6.20 Å². The van der Waals surface area contributed by atoms with Crippen LogP contribution in [0.4, 0.5) is 11.4 Å². The van der Waals surface area contributed by atoms with Crippen LogP contribution in [0.3, 0.4) is 0 Å². The molecule has 2 aromatic rings. The maximum atomic E-state index is 5.49. The van der Waals surface area contributed by atoms with Crippen LogP contribution in [-0.4, -0.2) is 25.7 Å². The fourth-order valence-corrected chi connectivity index (χ4v) is 2.63. The average molecular weight is 283 g/mol. The molecule has 1 aromatic heterocycles. The Bertz CT molecular complexity index is 625. The van der Waals surface area contributed by atoms with Crippen LogP contribution >= 0.6 is 0 Å². The Morgan fingerprint density at radius 2 is 2.14 bits per heavy atom. The normalized spacial score (nSPS) is 13.6. The largest absolute Gasteiger partial charge is 0.380 e. The van der Waals surface area contributed by atoms with Crippen molar-refractivity contribution in [2.75, 3.05) is 30.9 Å². The van der Waals surface area contributed by atoms with Gasteiger partial charge in [0.1, 0.15) is 0 Å². The van der Waals surface area contributed by atoms with E-state index in [-0.39, 0.29) is 0 Å². The predicted molar refractivity (Wildman–Crippen MR) is 85.7 cm³/mol. The number of pyridine rings is 1. The molecule has 1 aliphatic rings. The second kappa shape index (κ2) is 6.14. The van der Waals surface area contributed by atoms with E-state index in [9.17, 15) is 0 Å². The highest BCUT2D eigenvalue weighted by molar-refractivity contribution is 5.54. The Labute approximate surface area is 125 Å². The van der Waals surface area contributed by atoms with E-state index in [2.05, 4.69) is 59.6 Å². The number of nitrogens with one attached hydrogen (secondary N) is 1.